The van der Waals surface area contributed by atoms with Crippen molar-refractivity contribution in [2.45, 2.75) is 31.0 Å². The van der Waals surface area contributed by atoms with Gasteiger partial charge < -0.3 is 26.2 Å². The van der Waals surface area contributed by atoms with E-state index in [0.29, 0.717) is 17.7 Å². The van der Waals surface area contributed by atoms with Crippen LogP contribution in [-0.2, 0) is 22.6 Å². The summed E-state index contributed by atoms with van der Waals surface area (Å²) in [6, 6.07) is 0.550. The molecule has 0 saturated heterocycles. The Balaban J connectivity index is 1.90. The largest absolute Gasteiger partial charge is 0.510 e. The third kappa shape index (κ3) is 3.86. The van der Waals surface area contributed by atoms with Gasteiger partial charge in [0.25, 0.3) is 5.91 Å². The average Bonchev–Trinajstić information content (AvgIpc) is 2.79. The van der Waals surface area contributed by atoms with Crippen molar-refractivity contribution < 1.29 is 34.8 Å². The monoisotopic (exact) mass is 531 g/mol. The lowest BCUT2D eigenvalue weighted by atomic mass is 9.58. The third-order valence-electron chi connectivity index (χ3n) is 7.63. The van der Waals surface area contributed by atoms with Gasteiger partial charge >= 0.3 is 0 Å². The lowest BCUT2D eigenvalue weighted by Gasteiger charge is -2.50. The standard InChI is InChI=1S/C26H30ClN3O7/c1-5-6-30(4)10-12-9-15(27)13-7-11-8-14-19(29(2)3)22(33)18(25(28)36)24(35)26(14,37)23(34)16(11)21(32)17(13)20(12)31/h5,9,11,14,19,31,33-34,37H,1,6-8,10H2,2-4H3,(H2,28,36)/t11-,14-,19+,26-/m0/s1. The number of nitrogens with zero attached hydrogens (tertiary/aromatic N) is 2. The minimum Gasteiger partial charge on any atom is -0.510 e. The van der Waals surface area contributed by atoms with E-state index in [1.54, 1.807) is 33.3 Å². The molecule has 37 heavy (non-hydrogen) atoms. The molecule has 1 aromatic carbocycles. The number of carbonyl (C=O) groups excluding carboxylic acids is 3. The summed E-state index contributed by atoms with van der Waals surface area (Å²) in [6.45, 7) is 4.45. The maximum Gasteiger partial charge on any atom is 0.255 e. The molecule has 0 saturated carbocycles. The molecule has 0 spiro atoms. The van der Waals surface area contributed by atoms with Gasteiger partial charge in [-0.05, 0) is 51.5 Å². The van der Waals surface area contributed by atoms with Gasteiger partial charge in [0.2, 0.25) is 5.78 Å². The molecule has 0 radical (unpaired) electrons. The molecule has 0 aromatic heterocycles. The number of phenols is 1. The highest BCUT2D eigenvalue weighted by Crippen LogP contribution is 2.53. The number of likely N-dealkylation sites (N-methyl/N-ethyl adjacent to an activating group) is 2. The van der Waals surface area contributed by atoms with Crippen molar-refractivity contribution >= 4 is 29.1 Å². The quantitative estimate of drug-likeness (QED) is 0.269. The van der Waals surface area contributed by atoms with Crippen LogP contribution in [0.1, 0.15) is 27.9 Å². The van der Waals surface area contributed by atoms with Crippen LogP contribution in [0.4, 0.5) is 0 Å². The highest BCUT2D eigenvalue weighted by atomic mass is 35.5. The summed E-state index contributed by atoms with van der Waals surface area (Å²) < 4.78 is 0. The molecule has 3 aliphatic carbocycles. The van der Waals surface area contributed by atoms with E-state index >= 15 is 0 Å². The molecule has 0 bridgehead atoms. The van der Waals surface area contributed by atoms with Crippen molar-refractivity contribution in [3.63, 3.8) is 0 Å². The number of Topliss-reactive ketones (excluding diaryl/α,β-unsaturated/α-hetero) is 2. The number of hydrogen-bond acceptors (Lipinski definition) is 9. The molecular formula is C26H30ClN3O7. The van der Waals surface area contributed by atoms with Crippen molar-refractivity contribution in [2.24, 2.45) is 17.6 Å². The topological polar surface area (TPSA) is 165 Å². The number of allylic oxidation sites excluding steroid dienone is 1. The first kappa shape index (κ1) is 26.9. The summed E-state index contributed by atoms with van der Waals surface area (Å²) in [5, 5.41) is 45.1. The Labute approximate surface area is 218 Å². The number of fused-ring (bicyclic) bond motifs is 3. The Hall–Kier alpha value is -3.18. The first-order valence-corrected chi connectivity index (χ1v) is 12.1. The molecule has 198 valence electrons. The summed E-state index contributed by atoms with van der Waals surface area (Å²) in [6.07, 6.45) is 1.83. The van der Waals surface area contributed by atoms with Gasteiger partial charge in [-0.15, -0.1) is 6.58 Å². The van der Waals surface area contributed by atoms with E-state index in [9.17, 15) is 34.8 Å². The van der Waals surface area contributed by atoms with Crippen molar-refractivity contribution in [2.75, 3.05) is 27.7 Å². The minimum atomic E-state index is -2.67. The predicted octanol–water partition coefficient (Wildman–Crippen LogP) is 1.39. The Morgan fingerprint density at radius 2 is 1.92 bits per heavy atom. The van der Waals surface area contributed by atoms with Gasteiger partial charge in [-0.25, -0.2) is 0 Å². The van der Waals surface area contributed by atoms with Crippen LogP contribution in [0.5, 0.6) is 5.75 Å². The first-order valence-electron chi connectivity index (χ1n) is 11.7. The van der Waals surface area contributed by atoms with Crippen molar-refractivity contribution in [1.82, 2.24) is 9.80 Å². The minimum absolute atomic E-state index is 0.00662. The van der Waals surface area contributed by atoms with Crippen LogP contribution >= 0.6 is 11.6 Å². The molecule has 4 rings (SSSR count). The molecule has 11 heteroatoms. The van der Waals surface area contributed by atoms with Gasteiger partial charge in [0.15, 0.2) is 11.4 Å². The Bertz CT molecular complexity index is 1300. The number of primary amides is 1. The maximum absolute atomic E-state index is 13.8. The fourth-order valence-electron chi connectivity index (χ4n) is 6.02. The average molecular weight is 532 g/mol. The number of rotatable bonds is 6. The van der Waals surface area contributed by atoms with Gasteiger partial charge in [0.05, 0.1) is 11.6 Å². The maximum atomic E-state index is 13.8. The molecule has 10 nitrogen and oxygen atoms in total. The van der Waals surface area contributed by atoms with E-state index in [4.69, 9.17) is 17.3 Å². The molecule has 0 aliphatic heterocycles. The number of ketones is 2. The lowest BCUT2D eigenvalue weighted by Crippen LogP contribution is -2.63. The van der Waals surface area contributed by atoms with Crippen LogP contribution < -0.4 is 5.73 Å². The van der Waals surface area contributed by atoms with Crippen LogP contribution in [0.3, 0.4) is 0 Å². The van der Waals surface area contributed by atoms with Crippen LogP contribution in [-0.4, -0.2) is 87.0 Å². The van der Waals surface area contributed by atoms with E-state index in [0.717, 1.165) is 0 Å². The molecule has 1 aromatic rings. The molecule has 1 amide bonds. The van der Waals surface area contributed by atoms with Crippen molar-refractivity contribution in [3.05, 3.63) is 63.1 Å². The smallest absolute Gasteiger partial charge is 0.255 e. The fourth-order valence-corrected chi connectivity index (χ4v) is 6.32. The highest BCUT2D eigenvalue weighted by Gasteiger charge is 2.63. The molecule has 0 fully saturated rings. The number of aliphatic hydroxyl groups excluding tert-OH is 2. The molecule has 0 unspecified atom stereocenters. The Morgan fingerprint density at radius 3 is 2.49 bits per heavy atom. The zero-order valence-electron chi connectivity index (χ0n) is 20.8. The number of carbonyl (C=O) groups is 3. The van der Waals surface area contributed by atoms with Crippen LogP contribution in [0.2, 0.25) is 5.02 Å². The van der Waals surface area contributed by atoms with Gasteiger partial charge in [-0.3, -0.25) is 24.2 Å². The number of aromatic hydroxyl groups is 1. The van der Waals surface area contributed by atoms with Gasteiger partial charge in [-0.2, -0.15) is 0 Å². The van der Waals surface area contributed by atoms with E-state index in [2.05, 4.69) is 6.58 Å². The molecule has 4 atom stereocenters. The fraction of sp³-hybridized carbons (Fsp3) is 0.423. The number of phenolic OH excluding ortho intramolecular Hbond substituents is 1. The lowest BCUT2D eigenvalue weighted by molar-refractivity contribution is -0.148. The molecule has 6 N–H and O–H groups in total. The number of halogens is 1. The molecular weight excluding hydrogens is 502 g/mol. The number of amides is 1. The Kier molecular flexibility index (Phi) is 6.74. The second kappa shape index (κ2) is 9.29. The third-order valence-corrected chi connectivity index (χ3v) is 7.97. The van der Waals surface area contributed by atoms with E-state index < -0.39 is 58.0 Å². The molecule has 3 aliphatic rings. The SMILES string of the molecule is C=CCN(C)Cc1cc(Cl)c2c(c1O)C(=O)C1=C(O)[C@]3(O)C(=O)C(C(N)=O)=C(O)[C@H](N(C)C)[C@@H]3C[C@@H]1C2. The van der Waals surface area contributed by atoms with Crippen LogP contribution in [0, 0.1) is 11.8 Å². The highest BCUT2D eigenvalue weighted by molar-refractivity contribution is 6.33. The second-order valence-corrected chi connectivity index (χ2v) is 10.6. The van der Waals surface area contributed by atoms with Crippen molar-refractivity contribution in [3.8, 4) is 5.75 Å². The van der Waals surface area contributed by atoms with Crippen molar-refractivity contribution in [1.29, 1.82) is 0 Å². The predicted molar refractivity (Wildman–Crippen MR) is 135 cm³/mol. The van der Waals surface area contributed by atoms with E-state index in [1.807, 2.05) is 4.90 Å². The van der Waals surface area contributed by atoms with E-state index in [1.165, 1.54) is 4.90 Å². The zero-order chi connectivity index (χ0) is 27.6. The van der Waals surface area contributed by atoms with E-state index in [-0.39, 0.29) is 41.3 Å². The Morgan fingerprint density at radius 1 is 1.27 bits per heavy atom. The van der Waals surface area contributed by atoms with Gasteiger partial charge in [0, 0.05) is 35.2 Å². The number of hydrogen-bond donors (Lipinski definition) is 5. The van der Waals surface area contributed by atoms with Gasteiger partial charge in [0.1, 0.15) is 22.8 Å². The summed E-state index contributed by atoms with van der Waals surface area (Å²) in [7, 11) is 4.95. The summed E-state index contributed by atoms with van der Waals surface area (Å²) in [5.41, 5.74) is 2.29. The zero-order valence-corrected chi connectivity index (χ0v) is 21.5. The van der Waals surface area contributed by atoms with Gasteiger partial charge in [-0.1, -0.05) is 17.7 Å². The summed E-state index contributed by atoms with van der Waals surface area (Å²) in [5.74, 6) is -6.88. The number of benzene rings is 1. The molecule has 0 heterocycles. The summed E-state index contributed by atoms with van der Waals surface area (Å²) >= 11 is 6.57. The number of nitrogens with two attached hydrogens (primary N) is 1. The second-order valence-electron chi connectivity index (χ2n) is 10.2. The summed E-state index contributed by atoms with van der Waals surface area (Å²) in [4.78, 5) is 42.5. The number of aliphatic hydroxyl groups is 3. The normalized spacial score (nSPS) is 27.4. The van der Waals surface area contributed by atoms with Crippen LogP contribution in [0.15, 0.2) is 41.4 Å². The first-order chi connectivity index (χ1) is 17.3. The van der Waals surface area contributed by atoms with Crippen LogP contribution in [0.25, 0.3) is 0 Å².